The van der Waals surface area contributed by atoms with Crippen molar-refractivity contribution < 1.29 is 22.7 Å². The predicted molar refractivity (Wildman–Crippen MR) is 59.5 cm³/mol. The number of nitrogens with one attached hydrogen (secondary N) is 1. The first-order valence-corrected chi connectivity index (χ1v) is 5.69. The second-order valence-corrected chi connectivity index (χ2v) is 4.31. The van der Waals surface area contributed by atoms with Crippen molar-refractivity contribution in [3.8, 4) is 5.75 Å². The summed E-state index contributed by atoms with van der Waals surface area (Å²) in [4.78, 5) is 4.33. The molecule has 0 radical (unpaired) electrons. The van der Waals surface area contributed by atoms with Crippen LogP contribution in [0.1, 0.15) is 11.1 Å². The molecule has 0 aliphatic carbocycles. The molecule has 1 aromatic carbocycles. The zero-order chi connectivity index (χ0) is 13.2. The van der Waals surface area contributed by atoms with Crippen molar-refractivity contribution in [1.29, 1.82) is 0 Å². The Morgan fingerprint density at radius 1 is 1.39 bits per heavy atom. The first kappa shape index (κ1) is 13.5. The molecule has 3 nitrogen and oxygen atoms in total. The molecule has 1 N–H and O–H groups in total. The zero-order valence-electron chi connectivity index (χ0n) is 9.31. The lowest BCUT2D eigenvalue weighted by atomic mass is 10.1. The van der Waals surface area contributed by atoms with Crippen LogP contribution < -0.4 is 10.2 Å². The number of fused-ring (bicyclic) bond motifs is 1. The van der Waals surface area contributed by atoms with Crippen molar-refractivity contribution in [2.24, 2.45) is 0 Å². The highest BCUT2D eigenvalue weighted by atomic mass is 35.5. The van der Waals surface area contributed by atoms with Crippen LogP contribution in [0.4, 0.5) is 13.2 Å². The van der Waals surface area contributed by atoms with E-state index in [0.29, 0.717) is 22.9 Å². The van der Waals surface area contributed by atoms with Gasteiger partial charge < -0.3 is 4.74 Å². The minimum Gasteiger partial charge on any atom is -0.493 e. The molecule has 2 rings (SSSR count). The fourth-order valence-corrected chi connectivity index (χ4v) is 2.00. The number of alkyl halides is 3. The topological polar surface area (TPSA) is 30.5 Å². The number of hydrogen-bond acceptors (Lipinski definition) is 3. The third-order valence-electron chi connectivity index (χ3n) is 2.43. The highest BCUT2D eigenvalue weighted by Crippen LogP contribution is 2.32. The lowest BCUT2D eigenvalue weighted by molar-refractivity contribution is -0.190. The van der Waals surface area contributed by atoms with Crippen LogP contribution >= 0.6 is 11.6 Å². The van der Waals surface area contributed by atoms with E-state index in [1.54, 1.807) is 12.1 Å². The first-order chi connectivity index (χ1) is 8.46. The maximum absolute atomic E-state index is 11.9. The molecular weight excluding hydrogens is 271 g/mol. The lowest BCUT2D eigenvalue weighted by Gasteiger charge is -2.11. The smallest absolute Gasteiger partial charge is 0.413 e. The van der Waals surface area contributed by atoms with Crippen LogP contribution in [0.15, 0.2) is 12.1 Å². The summed E-state index contributed by atoms with van der Waals surface area (Å²) in [5.41, 5.74) is 3.92. The average molecular weight is 282 g/mol. The minimum atomic E-state index is -4.35. The molecule has 7 heteroatoms. The van der Waals surface area contributed by atoms with E-state index in [2.05, 4.69) is 10.3 Å². The Kier molecular flexibility index (Phi) is 3.99. The van der Waals surface area contributed by atoms with Gasteiger partial charge in [-0.3, -0.25) is 4.84 Å². The zero-order valence-corrected chi connectivity index (χ0v) is 10.1. The molecule has 1 aliphatic rings. The standard InChI is InChI=1S/C11H11ClF3NO2/c12-9-3-7-1-2-17-10(7)8(4-9)5-16-18-6-11(13,14)15/h3-4,16H,1-2,5-6H2. The molecule has 100 valence electrons. The second kappa shape index (κ2) is 5.34. The van der Waals surface area contributed by atoms with Crippen molar-refractivity contribution in [3.05, 3.63) is 28.3 Å². The summed E-state index contributed by atoms with van der Waals surface area (Å²) in [6, 6.07) is 3.44. The van der Waals surface area contributed by atoms with Crippen LogP contribution in [0, 0.1) is 0 Å². The molecule has 0 unspecified atom stereocenters. The third-order valence-corrected chi connectivity index (χ3v) is 2.64. The Labute approximate surface area is 107 Å². The average Bonchev–Trinajstić information content (AvgIpc) is 2.70. The van der Waals surface area contributed by atoms with Gasteiger partial charge in [0.25, 0.3) is 0 Å². The van der Waals surface area contributed by atoms with Gasteiger partial charge in [0.1, 0.15) is 5.75 Å². The van der Waals surface area contributed by atoms with E-state index in [1.807, 2.05) is 0 Å². The van der Waals surface area contributed by atoms with Crippen molar-refractivity contribution in [3.63, 3.8) is 0 Å². The van der Waals surface area contributed by atoms with Gasteiger partial charge in [-0.05, 0) is 17.7 Å². The minimum absolute atomic E-state index is 0.110. The Morgan fingerprint density at radius 3 is 2.89 bits per heavy atom. The SMILES string of the molecule is FC(F)(F)CONCc1cc(Cl)cc2c1OCC2. The molecular formula is C11H11ClF3NO2. The Hall–Kier alpha value is -0.980. The van der Waals surface area contributed by atoms with Gasteiger partial charge in [-0.15, -0.1) is 0 Å². The molecule has 1 aliphatic heterocycles. The van der Waals surface area contributed by atoms with E-state index < -0.39 is 12.8 Å². The van der Waals surface area contributed by atoms with Crippen molar-refractivity contribution in [2.75, 3.05) is 13.2 Å². The summed E-state index contributed by atoms with van der Waals surface area (Å²) in [5, 5.41) is 0.534. The quantitative estimate of drug-likeness (QED) is 0.680. The van der Waals surface area contributed by atoms with E-state index in [9.17, 15) is 13.2 Å². The van der Waals surface area contributed by atoms with Gasteiger partial charge in [-0.1, -0.05) is 11.6 Å². The molecule has 0 spiro atoms. The van der Waals surface area contributed by atoms with Crippen LogP contribution in [0.3, 0.4) is 0 Å². The Balaban J connectivity index is 1.94. The molecule has 0 bridgehead atoms. The molecule has 0 saturated carbocycles. The van der Waals surface area contributed by atoms with Crippen molar-refractivity contribution in [1.82, 2.24) is 5.48 Å². The van der Waals surface area contributed by atoms with Crippen LogP contribution in [0.5, 0.6) is 5.75 Å². The fraction of sp³-hybridized carbons (Fsp3) is 0.455. The Morgan fingerprint density at radius 2 is 2.17 bits per heavy atom. The first-order valence-electron chi connectivity index (χ1n) is 5.31. The monoisotopic (exact) mass is 281 g/mol. The van der Waals surface area contributed by atoms with Crippen LogP contribution in [0.25, 0.3) is 0 Å². The van der Waals surface area contributed by atoms with Gasteiger partial charge in [0, 0.05) is 23.6 Å². The van der Waals surface area contributed by atoms with E-state index in [0.717, 1.165) is 12.0 Å². The number of ether oxygens (including phenoxy) is 1. The van der Waals surface area contributed by atoms with E-state index >= 15 is 0 Å². The number of halogens is 4. The number of rotatable bonds is 4. The van der Waals surface area contributed by atoms with E-state index in [1.165, 1.54) is 0 Å². The third kappa shape index (κ3) is 3.51. The molecule has 0 aromatic heterocycles. The van der Waals surface area contributed by atoms with E-state index in [-0.39, 0.29) is 6.54 Å². The lowest BCUT2D eigenvalue weighted by Crippen LogP contribution is -2.24. The van der Waals surface area contributed by atoms with Crippen LogP contribution in [-0.4, -0.2) is 19.4 Å². The Bertz CT molecular complexity index is 437. The predicted octanol–water partition coefficient (Wildman–Crippen LogP) is 2.86. The maximum atomic E-state index is 11.9. The normalized spacial score (nSPS) is 14.4. The van der Waals surface area contributed by atoms with Crippen molar-refractivity contribution >= 4 is 11.6 Å². The van der Waals surface area contributed by atoms with E-state index in [4.69, 9.17) is 16.3 Å². The summed E-state index contributed by atoms with van der Waals surface area (Å²) >= 11 is 5.91. The highest BCUT2D eigenvalue weighted by Gasteiger charge is 2.27. The number of hydrogen-bond donors (Lipinski definition) is 1. The van der Waals surface area contributed by atoms with Crippen LogP contribution in [-0.2, 0) is 17.8 Å². The molecule has 0 amide bonds. The molecule has 1 heterocycles. The van der Waals surface area contributed by atoms with Gasteiger partial charge in [-0.25, -0.2) is 0 Å². The fourth-order valence-electron chi connectivity index (χ4n) is 1.74. The van der Waals surface area contributed by atoms with Gasteiger partial charge >= 0.3 is 6.18 Å². The van der Waals surface area contributed by atoms with Gasteiger partial charge in [0.2, 0.25) is 0 Å². The maximum Gasteiger partial charge on any atom is 0.413 e. The van der Waals surface area contributed by atoms with Crippen molar-refractivity contribution in [2.45, 2.75) is 19.1 Å². The van der Waals surface area contributed by atoms with Gasteiger partial charge in [0.05, 0.1) is 6.61 Å². The summed E-state index contributed by atoms with van der Waals surface area (Å²) < 4.78 is 41.0. The summed E-state index contributed by atoms with van der Waals surface area (Å²) in [7, 11) is 0. The summed E-state index contributed by atoms with van der Waals surface area (Å²) in [5.74, 6) is 0.683. The summed E-state index contributed by atoms with van der Waals surface area (Å²) in [6.45, 7) is -0.665. The molecule has 0 atom stereocenters. The number of benzene rings is 1. The van der Waals surface area contributed by atoms with Gasteiger partial charge in [-0.2, -0.15) is 18.7 Å². The molecule has 0 saturated heterocycles. The molecule has 1 aromatic rings. The van der Waals surface area contributed by atoms with Crippen LogP contribution in [0.2, 0.25) is 5.02 Å². The second-order valence-electron chi connectivity index (χ2n) is 3.88. The van der Waals surface area contributed by atoms with Gasteiger partial charge in [0.15, 0.2) is 6.61 Å². The molecule has 0 fully saturated rings. The number of hydroxylamine groups is 1. The molecule has 18 heavy (non-hydrogen) atoms. The highest BCUT2D eigenvalue weighted by molar-refractivity contribution is 6.30. The largest absolute Gasteiger partial charge is 0.493 e. The summed E-state index contributed by atoms with van der Waals surface area (Å²) in [6.07, 6.45) is -3.59.